The molecule has 0 amide bonds. The van der Waals surface area contributed by atoms with Crippen molar-refractivity contribution in [1.82, 2.24) is 0 Å². The van der Waals surface area contributed by atoms with E-state index in [0.717, 1.165) is 31.8 Å². The summed E-state index contributed by atoms with van der Waals surface area (Å²) in [6.07, 6.45) is 4.66. The fraction of sp³-hybridized carbons (Fsp3) is 0.500. The molecule has 0 N–H and O–H groups in total. The Labute approximate surface area is 167 Å². The Balaban J connectivity index is 1.58. The maximum absolute atomic E-state index is 6.23. The molecule has 0 heterocycles. The molecule has 3 heteroatoms. The third-order valence-electron chi connectivity index (χ3n) is 5.54. The van der Waals surface area contributed by atoms with Gasteiger partial charge in [0.05, 0.1) is 6.61 Å². The molecule has 0 aliphatic heterocycles. The van der Waals surface area contributed by atoms with Crippen LogP contribution in [0.4, 0.5) is 0 Å². The van der Waals surface area contributed by atoms with E-state index < -0.39 is 8.32 Å². The molecule has 27 heavy (non-hydrogen) atoms. The molecule has 0 aliphatic rings. The van der Waals surface area contributed by atoms with Gasteiger partial charge in [0.25, 0.3) is 0 Å². The lowest BCUT2D eigenvalue weighted by Gasteiger charge is -2.36. The third-order valence-corrected chi connectivity index (χ3v) is 10.1. The molecule has 148 valence electrons. The minimum absolute atomic E-state index is 0.302. The van der Waals surface area contributed by atoms with E-state index in [1.165, 1.54) is 24.0 Å². The third kappa shape index (κ3) is 7.15. The molecule has 0 fully saturated rings. The largest absolute Gasteiger partial charge is 0.494 e. The molecule has 0 radical (unpaired) electrons. The zero-order valence-corrected chi connectivity index (χ0v) is 18.8. The summed E-state index contributed by atoms with van der Waals surface area (Å²) in [7, 11) is -1.58. The molecule has 0 aliphatic carbocycles. The van der Waals surface area contributed by atoms with E-state index >= 15 is 0 Å². The highest BCUT2D eigenvalue weighted by Gasteiger charge is 2.36. The number of ether oxygens (including phenoxy) is 1. The van der Waals surface area contributed by atoms with Crippen LogP contribution in [0.5, 0.6) is 5.75 Å². The highest BCUT2D eigenvalue weighted by Crippen LogP contribution is 2.36. The van der Waals surface area contributed by atoms with Crippen molar-refractivity contribution in [2.45, 2.75) is 64.6 Å². The standard InChI is InChI=1S/C24H36O2Si/c1-24(2,3)27(4,5)26-20-12-7-6-11-19-25-23-17-15-22(16-18-23)21-13-9-8-10-14-21/h8-10,13-18H,6-7,11-12,19-20H2,1-5H3. The fourth-order valence-corrected chi connectivity index (χ4v) is 3.75. The van der Waals surface area contributed by atoms with Gasteiger partial charge in [0, 0.05) is 6.61 Å². The molecule has 0 saturated carbocycles. The number of hydrogen-bond donors (Lipinski definition) is 0. The molecule has 0 spiro atoms. The average Bonchev–Trinajstić information content (AvgIpc) is 2.64. The van der Waals surface area contributed by atoms with Crippen molar-refractivity contribution in [1.29, 1.82) is 0 Å². The Kier molecular flexibility index (Phi) is 8.12. The van der Waals surface area contributed by atoms with E-state index in [0.29, 0.717) is 5.04 Å². The summed E-state index contributed by atoms with van der Waals surface area (Å²) in [5.41, 5.74) is 2.47. The number of benzene rings is 2. The summed E-state index contributed by atoms with van der Waals surface area (Å²) in [5, 5.41) is 0.302. The molecule has 0 atom stereocenters. The lowest BCUT2D eigenvalue weighted by molar-refractivity contribution is 0.270. The Hall–Kier alpha value is -1.58. The van der Waals surface area contributed by atoms with Crippen molar-refractivity contribution in [2.24, 2.45) is 0 Å². The Morgan fingerprint density at radius 1 is 0.704 bits per heavy atom. The van der Waals surface area contributed by atoms with Gasteiger partial charge in [-0.25, -0.2) is 0 Å². The van der Waals surface area contributed by atoms with E-state index in [-0.39, 0.29) is 0 Å². The van der Waals surface area contributed by atoms with Crippen molar-refractivity contribution in [2.75, 3.05) is 13.2 Å². The average molecular weight is 385 g/mol. The first kappa shape index (κ1) is 21.7. The predicted molar refractivity (Wildman–Crippen MR) is 119 cm³/mol. The second-order valence-corrected chi connectivity index (χ2v) is 13.6. The van der Waals surface area contributed by atoms with Gasteiger partial charge >= 0.3 is 0 Å². The van der Waals surface area contributed by atoms with Crippen LogP contribution < -0.4 is 4.74 Å². The van der Waals surface area contributed by atoms with Crippen LogP contribution in [0.25, 0.3) is 11.1 Å². The topological polar surface area (TPSA) is 18.5 Å². The van der Waals surface area contributed by atoms with Gasteiger partial charge in [-0.1, -0.05) is 69.7 Å². The van der Waals surface area contributed by atoms with Crippen molar-refractivity contribution in [3.05, 3.63) is 54.6 Å². The van der Waals surface area contributed by atoms with Gasteiger partial charge in [0.1, 0.15) is 5.75 Å². The molecule has 0 saturated heterocycles. The Morgan fingerprint density at radius 3 is 1.85 bits per heavy atom. The Morgan fingerprint density at radius 2 is 1.26 bits per heavy atom. The van der Waals surface area contributed by atoms with Crippen LogP contribution in [0, 0.1) is 0 Å². The Bertz CT molecular complexity index is 657. The highest BCUT2D eigenvalue weighted by molar-refractivity contribution is 6.74. The molecular weight excluding hydrogens is 348 g/mol. The minimum atomic E-state index is -1.58. The first-order valence-corrected chi connectivity index (χ1v) is 13.1. The van der Waals surface area contributed by atoms with E-state index in [9.17, 15) is 0 Å². The smallest absolute Gasteiger partial charge is 0.191 e. The second-order valence-electron chi connectivity index (χ2n) is 8.76. The molecule has 2 aromatic rings. The minimum Gasteiger partial charge on any atom is -0.494 e. The monoisotopic (exact) mass is 384 g/mol. The quantitative estimate of drug-likeness (QED) is 0.316. The summed E-state index contributed by atoms with van der Waals surface area (Å²) in [5.74, 6) is 0.955. The molecule has 0 unspecified atom stereocenters. The zero-order chi connectivity index (χ0) is 19.8. The summed E-state index contributed by atoms with van der Waals surface area (Å²) in [6.45, 7) is 13.2. The van der Waals surface area contributed by atoms with Crippen LogP contribution in [0.2, 0.25) is 18.1 Å². The van der Waals surface area contributed by atoms with Crippen LogP contribution >= 0.6 is 0 Å². The second kappa shape index (κ2) is 10.1. The van der Waals surface area contributed by atoms with Crippen LogP contribution in [0.15, 0.2) is 54.6 Å². The fourth-order valence-electron chi connectivity index (χ4n) is 2.67. The van der Waals surface area contributed by atoms with Gasteiger partial charge in [0.2, 0.25) is 0 Å². The normalized spacial score (nSPS) is 12.2. The van der Waals surface area contributed by atoms with Crippen LogP contribution in [0.3, 0.4) is 0 Å². The zero-order valence-electron chi connectivity index (χ0n) is 17.8. The van der Waals surface area contributed by atoms with E-state index in [1.54, 1.807) is 0 Å². The van der Waals surface area contributed by atoms with E-state index in [2.05, 4.69) is 82.4 Å². The van der Waals surface area contributed by atoms with Gasteiger partial charge in [0.15, 0.2) is 8.32 Å². The van der Waals surface area contributed by atoms with Gasteiger partial charge in [-0.15, -0.1) is 0 Å². The first-order valence-electron chi connectivity index (χ1n) is 10.2. The summed E-state index contributed by atoms with van der Waals surface area (Å²) >= 11 is 0. The molecular formula is C24H36O2Si. The molecule has 2 nitrogen and oxygen atoms in total. The molecule has 0 aromatic heterocycles. The number of unbranched alkanes of at least 4 members (excludes halogenated alkanes) is 3. The van der Waals surface area contributed by atoms with Gasteiger partial charge in [-0.2, -0.15) is 0 Å². The van der Waals surface area contributed by atoms with Crippen molar-refractivity contribution >= 4 is 8.32 Å². The number of hydrogen-bond acceptors (Lipinski definition) is 2. The summed E-state index contributed by atoms with van der Waals surface area (Å²) < 4.78 is 12.1. The van der Waals surface area contributed by atoms with E-state index in [1.807, 2.05) is 6.07 Å². The SMILES string of the molecule is CC(C)(C)[Si](C)(C)OCCCCCCOc1ccc(-c2ccccc2)cc1. The van der Waals surface area contributed by atoms with Gasteiger partial charge in [-0.3, -0.25) is 0 Å². The maximum atomic E-state index is 6.23. The predicted octanol–water partition coefficient (Wildman–Crippen LogP) is 7.31. The van der Waals surface area contributed by atoms with Crippen molar-refractivity contribution < 1.29 is 9.16 Å². The summed E-state index contributed by atoms with van der Waals surface area (Å²) in [6, 6.07) is 18.8. The first-order chi connectivity index (χ1) is 12.8. The van der Waals surface area contributed by atoms with Crippen LogP contribution in [-0.4, -0.2) is 21.5 Å². The van der Waals surface area contributed by atoms with Crippen molar-refractivity contribution in [3.63, 3.8) is 0 Å². The number of rotatable bonds is 10. The molecule has 0 bridgehead atoms. The van der Waals surface area contributed by atoms with Gasteiger partial charge in [-0.05, 0) is 60.7 Å². The molecule has 2 rings (SSSR count). The summed E-state index contributed by atoms with van der Waals surface area (Å²) in [4.78, 5) is 0. The van der Waals surface area contributed by atoms with Gasteiger partial charge < -0.3 is 9.16 Å². The van der Waals surface area contributed by atoms with Crippen LogP contribution in [0.1, 0.15) is 46.5 Å². The lowest BCUT2D eigenvalue weighted by Crippen LogP contribution is -2.40. The molecule has 2 aromatic carbocycles. The van der Waals surface area contributed by atoms with E-state index in [4.69, 9.17) is 9.16 Å². The lowest BCUT2D eigenvalue weighted by atomic mass is 10.1. The maximum Gasteiger partial charge on any atom is 0.191 e. The van der Waals surface area contributed by atoms with Crippen LogP contribution in [-0.2, 0) is 4.43 Å². The van der Waals surface area contributed by atoms with Crippen molar-refractivity contribution in [3.8, 4) is 16.9 Å². The highest BCUT2D eigenvalue weighted by atomic mass is 28.4.